The van der Waals surface area contributed by atoms with Gasteiger partial charge in [0.15, 0.2) is 5.78 Å². The molecule has 0 saturated carbocycles. The normalized spacial score (nSPS) is 9.80. The molecule has 1 aromatic rings. The molecule has 0 aliphatic rings. The van der Waals surface area contributed by atoms with E-state index in [4.69, 9.17) is 5.73 Å². The van der Waals surface area contributed by atoms with Crippen molar-refractivity contribution in [2.24, 2.45) is 5.73 Å². The van der Waals surface area contributed by atoms with E-state index >= 15 is 0 Å². The van der Waals surface area contributed by atoms with Crippen LogP contribution in [0.1, 0.15) is 9.67 Å². The average molecular weight is 159 g/mol. The van der Waals surface area contributed by atoms with Crippen LogP contribution in [0, 0.1) is 5.82 Å². The van der Waals surface area contributed by atoms with Gasteiger partial charge in [-0.25, -0.2) is 4.39 Å². The molecule has 0 radical (unpaired) electrons. The average Bonchev–Trinajstić information content (AvgIpc) is 2.34. The molecule has 2 N–H and O–H groups in total. The lowest BCUT2D eigenvalue weighted by atomic mass is 10.3. The van der Waals surface area contributed by atoms with E-state index in [1.54, 1.807) is 0 Å². The summed E-state index contributed by atoms with van der Waals surface area (Å²) in [6.07, 6.45) is 0. The second kappa shape index (κ2) is 2.90. The minimum absolute atomic E-state index is 0.127. The highest BCUT2D eigenvalue weighted by atomic mass is 32.1. The molecule has 0 unspecified atom stereocenters. The lowest BCUT2D eigenvalue weighted by molar-refractivity contribution is 0.100. The highest BCUT2D eigenvalue weighted by Gasteiger charge is 2.09. The van der Waals surface area contributed by atoms with Crippen LogP contribution in [0.4, 0.5) is 4.39 Å². The molecule has 1 aromatic heterocycles. The van der Waals surface area contributed by atoms with Gasteiger partial charge in [-0.2, -0.15) is 0 Å². The summed E-state index contributed by atoms with van der Waals surface area (Å²) in [6, 6.07) is 1.26. The van der Waals surface area contributed by atoms with Gasteiger partial charge < -0.3 is 5.73 Å². The van der Waals surface area contributed by atoms with E-state index in [1.807, 2.05) is 0 Å². The maximum atomic E-state index is 12.5. The smallest absolute Gasteiger partial charge is 0.189 e. The molecule has 0 saturated heterocycles. The maximum Gasteiger partial charge on any atom is 0.189 e. The van der Waals surface area contributed by atoms with Crippen LogP contribution in [-0.2, 0) is 0 Å². The SMILES string of the molecule is NCC(=O)c1sccc1F. The fourth-order valence-electron chi connectivity index (χ4n) is 0.585. The lowest BCUT2D eigenvalue weighted by Gasteiger charge is -1.89. The Labute approximate surface area is 61.5 Å². The molecule has 1 heterocycles. The Morgan fingerprint density at radius 3 is 2.90 bits per heavy atom. The van der Waals surface area contributed by atoms with Crippen molar-refractivity contribution in [3.63, 3.8) is 0 Å². The zero-order valence-corrected chi connectivity index (χ0v) is 5.95. The molecule has 0 bridgehead atoms. The highest BCUT2D eigenvalue weighted by molar-refractivity contribution is 7.12. The van der Waals surface area contributed by atoms with Crippen molar-refractivity contribution in [2.75, 3.05) is 6.54 Å². The third kappa shape index (κ3) is 1.22. The molecule has 2 nitrogen and oxygen atoms in total. The molecule has 0 amide bonds. The maximum absolute atomic E-state index is 12.5. The van der Waals surface area contributed by atoms with Crippen LogP contribution in [0.2, 0.25) is 0 Å². The third-order valence-electron chi connectivity index (χ3n) is 1.06. The van der Waals surface area contributed by atoms with Crippen molar-refractivity contribution in [3.05, 3.63) is 22.1 Å². The van der Waals surface area contributed by atoms with Gasteiger partial charge in [-0.05, 0) is 11.4 Å². The van der Waals surface area contributed by atoms with E-state index in [-0.39, 0.29) is 17.2 Å². The Balaban J connectivity index is 2.93. The van der Waals surface area contributed by atoms with E-state index in [1.165, 1.54) is 11.4 Å². The number of thiophene rings is 1. The first-order valence-electron chi connectivity index (χ1n) is 2.72. The van der Waals surface area contributed by atoms with E-state index in [9.17, 15) is 9.18 Å². The number of nitrogens with two attached hydrogens (primary N) is 1. The first-order chi connectivity index (χ1) is 4.75. The first kappa shape index (κ1) is 7.37. The number of ketones is 1. The van der Waals surface area contributed by atoms with Crippen LogP contribution in [0.5, 0.6) is 0 Å². The van der Waals surface area contributed by atoms with Crippen LogP contribution < -0.4 is 5.73 Å². The Kier molecular flexibility index (Phi) is 2.13. The van der Waals surface area contributed by atoms with E-state index in [0.29, 0.717) is 0 Å². The number of carbonyl (C=O) groups excluding carboxylic acids is 1. The predicted molar refractivity (Wildman–Crippen MR) is 37.7 cm³/mol. The van der Waals surface area contributed by atoms with Gasteiger partial charge in [0, 0.05) is 0 Å². The number of rotatable bonds is 2. The predicted octanol–water partition coefficient (Wildman–Crippen LogP) is 1.03. The zero-order valence-electron chi connectivity index (χ0n) is 5.13. The van der Waals surface area contributed by atoms with E-state index in [2.05, 4.69) is 0 Å². The summed E-state index contributed by atoms with van der Waals surface area (Å²) in [5, 5.41) is 1.53. The van der Waals surface area contributed by atoms with Crippen molar-refractivity contribution in [1.82, 2.24) is 0 Å². The molecule has 54 valence electrons. The summed E-state index contributed by atoms with van der Waals surface area (Å²) in [7, 11) is 0. The highest BCUT2D eigenvalue weighted by Crippen LogP contribution is 2.14. The quantitative estimate of drug-likeness (QED) is 0.655. The van der Waals surface area contributed by atoms with Gasteiger partial charge in [0.1, 0.15) is 10.7 Å². The van der Waals surface area contributed by atoms with Gasteiger partial charge in [-0.3, -0.25) is 4.79 Å². The largest absolute Gasteiger partial charge is 0.324 e. The summed E-state index contributed by atoms with van der Waals surface area (Å²) < 4.78 is 12.5. The van der Waals surface area contributed by atoms with Gasteiger partial charge in [0.2, 0.25) is 0 Å². The summed E-state index contributed by atoms with van der Waals surface area (Å²) in [6.45, 7) is -0.128. The van der Waals surface area contributed by atoms with Gasteiger partial charge in [-0.15, -0.1) is 11.3 Å². The standard InChI is InChI=1S/C6H6FNOS/c7-4-1-2-10-6(4)5(9)3-8/h1-2H,3,8H2. The lowest BCUT2D eigenvalue weighted by Crippen LogP contribution is -2.13. The van der Waals surface area contributed by atoms with Crippen molar-refractivity contribution in [3.8, 4) is 0 Å². The number of hydrogen-bond acceptors (Lipinski definition) is 3. The molecule has 1 rings (SSSR count). The topological polar surface area (TPSA) is 43.1 Å². The van der Waals surface area contributed by atoms with Crippen molar-refractivity contribution in [2.45, 2.75) is 0 Å². The summed E-state index contributed by atoms with van der Waals surface area (Å²) in [5.41, 5.74) is 5.02. The second-order valence-corrected chi connectivity index (χ2v) is 2.64. The first-order valence-corrected chi connectivity index (χ1v) is 3.60. The van der Waals surface area contributed by atoms with Gasteiger partial charge in [0.05, 0.1) is 6.54 Å². The van der Waals surface area contributed by atoms with Crippen LogP contribution in [-0.4, -0.2) is 12.3 Å². The summed E-state index contributed by atoms with van der Waals surface area (Å²) >= 11 is 1.08. The molecular formula is C6H6FNOS. The van der Waals surface area contributed by atoms with Crippen LogP contribution in [0.15, 0.2) is 11.4 Å². The third-order valence-corrected chi connectivity index (χ3v) is 1.99. The number of halogens is 1. The molecule has 10 heavy (non-hydrogen) atoms. The molecule has 0 aliphatic heterocycles. The fourth-order valence-corrected chi connectivity index (χ4v) is 1.30. The zero-order chi connectivity index (χ0) is 7.56. The molecule has 0 spiro atoms. The molecule has 4 heteroatoms. The van der Waals surface area contributed by atoms with E-state index < -0.39 is 5.82 Å². The van der Waals surface area contributed by atoms with Crippen LogP contribution in [0.25, 0.3) is 0 Å². The second-order valence-electron chi connectivity index (χ2n) is 1.72. The fraction of sp³-hybridized carbons (Fsp3) is 0.167. The Bertz CT molecular complexity index is 246. The molecular weight excluding hydrogens is 153 g/mol. The van der Waals surface area contributed by atoms with Crippen LogP contribution >= 0.6 is 11.3 Å². The molecule has 0 aromatic carbocycles. The van der Waals surface area contributed by atoms with Crippen LogP contribution in [0.3, 0.4) is 0 Å². The van der Waals surface area contributed by atoms with Crippen molar-refractivity contribution in [1.29, 1.82) is 0 Å². The number of hydrogen-bond donors (Lipinski definition) is 1. The minimum Gasteiger partial charge on any atom is -0.324 e. The number of Topliss-reactive ketones (excluding diaryl/α,β-unsaturated/α-hetero) is 1. The summed E-state index contributed by atoms with van der Waals surface area (Å²) in [4.78, 5) is 10.9. The van der Waals surface area contributed by atoms with Gasteiger partial charge >= 0.3 is 0 Å². The Morgan fingerprint density at radius 1 is 1.80 bits per heavy atom. The number of carbonyl (C=O) groups is 1. The minimum atomic E-state index is -0.472. The van der Waals surface area contributed by atoms with E-state index in [0.717, 1.165) is 11.3 Å². The van der Waals surface area contributed by atoms with Gasteiger partial charge in [0.25, 0.3) is 0 Å². The van der Waals surface area contributed by atoms with Crippen molar-refractivity contribution < 1.29 is 9.18 Å². The Morgan fingerprint density at radius 2 is 2.50 bits per heavy atom. The monoisotopic (exact) mass is 159 g/mol. The summed E-state index contributed by atoms with van der Waals surface area (Å²) in [5.74, 6) is -0.812. The van der Waals surface area contributed by atoms with Gasteiger partial charge in [-0.1, -0.05) is 0 Å². The van der Waals surface area contributed by atoms with Crippen molar-refractivity contribution >= 4 is 17.1 Å². The molecule has 0 atom stereocenters. The Hall–Kier alpha value is -0.740. The molecule has 0 aliphatic carbocycles. The molecule has 0 fully saturated rings.